The van der Waals surface area contributed by atoms with Crippen molar-refractivity contribution in [2.45, 2.75) is 29.7 Å². The molecule has 100 valence electrons. The summed E-state index contributed by atoms with van der Waals surface area (Å²) in [5, 5.41) is 0. The Morgan fingerprint density at radius 2 is 1.95 bits per heavy atom. The number of hydrogen-bond acceptors (Lipinski definition) is 4. The Hall–Kier alpha value is -1.75. The number of nitrogens with zero attached hydrogens (tertiary/aromatic N) is 1. The summed E-state index contributed by atoms with van der Waals surface area (Å²) >= 11 is 1.45. The maximum atomic E-state index is 13.7. The van der Waals surface area contributed by atoms with E-state index < -0.39 is 5.82 Å². The summed E-state index contributed by atoms with van der Waals surface area (Å²) in [7, 11) is 0. The van der Waals surface area contributed by atoms with Crippen LogP contribution in [-0.4, -0.2) is 11.1 Å². The van der Waals surface area contributed by atoms with E-state index in [4.69, 9.17) is 10.5 Å². The molecule has 5 heteroatoms. The molecule has 3 nitrogen and oxygen atoms in total. The second-order valence-electron chi connectivity index (χ2n) is 4.27. The van der Waals surface area contributed by atoms with Crippen LogP contribution in [0.1, 0.15) is 13.8 Å². The molecule has 1 aromatic heterocycles. The first-order chi connectivity index (χ1) is 9.06. The van der Waals surface area contributed by atoms with Gasteiger partial charge in [-0.2, -0.15) is 0 Å². The van der Waals surface area contributed by atoms with E-state index in [1.54, 1.807) is 18.5 Å². The molecule has 1 aromatic carbocycles. The van der Waals surface area contributed by atoms with Crippen molar-refractivity contribution in [3.8, 4) is 5.75 Å². The molecule has 0 aliphatic heterocycles. The number of pyridine rings is 1. The normalized spacial score (nSPS) is 10.7. The van der Waals surface area contributed by atoms with Gasteiger partial charge in [-0.25, -0.2) is 4.39 Å². The van der Waals surface area contributed by atoms with Crippen molar-refractivity contribution in [1.82, 2.24) is 4.98 Å². The van der Waals surface area contributed by atoms with E-state index in [1.165, 1.54) is 17.8 Å². The predicted octanol–water partition coefficient (Wildman–Crippen LogP) is 3.74. The van der Waals surface area contributed by atoms with Gasteiger partial charge >= 0.3 is 0 Å². The van der Waals surface area contributed by atoms with Crippen molar-refractivity contribution in [2.24, 2.45) is 0 Å². The molecule has 2 rings (SSSR count). The molecule has 19 heavy (non-hydrogen) atoms. The van der Waals surface area contributed by atoms with Gasteiger partial charge in [0.1, 0.15) is 0 Å². The van der Waals surface area contributed by atoms with Gasteiger partial charge in [0.05, 0.1) is 6.10 Å². The Balaban J connectivity index is 2.29. The first kappa shape index (κ1) is 13.7. The molecule has 0 spiro atoms. The second kappa shape index (κ2) is 5.93. The number of rotatable bonds is 4. The Kier molecular flexibility index (Phi) is 4.27. The summed E-state index contributed by atoms with van der Waals surface area (Å²) in [6.45, 7) is 3.71. The van der Waals surface area contributed by atoms with E-state index >= 15 is 0 Å². The highest BCUT2D eigenvalue weighted by Gasteiger charge is 2.11. The molecular formula is C14H15FN2OS. The Morgan fingerprint density at radius 3 is 2.58 bits per heavy atom. The molecule has 0 bridgehead atoms. The van der Waals surface area contributed by atoms with Crippen LogP contribution in [0.25, 0.3) is 0 Å². The van der Waals surface area contributed by atoms with Crippen LogP contribution in [0.4, 0.5) is 10.1 Å². The quantitative estimate of drug-likeness (QED) is 0.865. The minimum absolute atomic E-state index is 0.0862. The average molecular weight is 278 g/mol. The largest absolute Gasteiger partial charge is 0.488 e. The zero-order valence-corrected chi connectivity index (χ0v) is 11.6. The predicted molar refractivity (Wildman–Crippen MR) is 74.9 cm³/mol. The van der Waals surface area contributed by atoms with Gasteiger partial charge < -0.3 is 10.5 Å². The third-order valence-electron chi connectivity index (χ3n) is 2.30. The third-order valence-corrected chi connectivity index (χ3v) is 3.39. The molecule has 0 saturated carbocycles. The van der Waals surface area contributed by atoms with E-state index in [0.717, 1.165) is 9.79 Å². The zero-order chi connectivity index (χ0) is 13.8. The van der Waals surface area contributed by atoms with Gasteiger partial charge in [0.2, 0.25) is 0 Å². The molecule has 0 saturated heterocycles. The lowest BCUT2D eigenvalue weighted by Crippen LogP contribution is -2.07. The molecule has 0 aliphatic carbocycles. The monoisotopic (exact) mass is 278 g/mol. The third kappa shape index (κ3) is 3.61. The number of hydrogen-bond donors (Lipinski definition) is 1. The lowest BCUT2D eigenvalue weighted by molar-refractivity contribution is 0.230. The van der Waals surface area contributed by atoms with Crippen LogP contribution < -0.4 is 10.5 Å². The smallest absolute Gasteiger partial charge is 0.167 e. The molecular weight excluding hydrogens is 263 g/mol. The number of anilines is 1. The lowest BCUT2D eigenvalue weighted by Gasteiger charge is -2.13. The van der Waals surface area contributed by atoms with Crippen LogP contribution in [-0.2, 0) is 0 Å². The summed E-state index contributed by atoms with van der Waals surface area (Å²) in [5.41, 5.74) is 6.24. The van der Waals surface area contributed by atoms with Crippen LogP contribution in [0.15, 0.2) is 46.5 Å². The fraction of sp³-hybridized carbons (Fsp3) is 0.214. The van der Waals surface area contributed by atoms with Crippen molar-refractivity contribution in [2.75, 3.05) is 5.73 Å². The summed E-state index contributed by atoms with van der Waals surface area (Å²) in [6, 6.07) is 6.67. The minimum Gasteiger partial charge on any atom is -0.488 e. The van der Waals surface area contributed by atoms with Crippen molar-refractivity contribution < 1.29 is 9.13 Å². The van der Waals surface area contributed by atoms with Crippen molar-refractivity contribution in [1.29, 1.82) is 0 Å². The number of halogens is 1. The molecule has 0 amide bonds. The van der Waals surface area contributed by atoms with Gasteiger partial charge in [0.15, 0.2) is 11.6 Å². The van der Waals surface area contributed by atoms with E-state index in [9.17, 15) is 4.39 Å². The van der Waals surface area contributed by atoms with E-state index in [2.05, 4.69) is 4.98 Å². The Morgan fingerprint density at radius 1 is 1.26 bits per heavy atom. The van der Waals surface area contributed by atoms with Gasteiger partial charge in [-0.05, 0) is 32.0 Å². The first-order valence-electron chi connectivity index (χ1n) is 5.90. The first-order valence-corrected chi connectivity index (χ1v) is 6.71. The van der Waals surface area contributed by atoms with Crippen LogP contribution >= 0.6 is 11.8 Å². The van der Waals surface area contributed by atoms with Crippen LogP contribution in [0.3, 0.4) is 0 Å². The van der Waals surface area contributed by atoms with Gasteiger partial charge in [-0.1, -0.05) is 11.8 Å². The number of nitrogens with two attached hydrogens (primary N) is 1. The zero-order valence-electron chi connectivity index (χ0n) is 10.8. The van der Waals surface area contributed by atoms with Gasteiger partial charge in [-0.3, -0.25) is 4.98 Å². The van der Waals surface area contributed by atoms with Crippen molar-refractivity contribution in [3.05, 3.63) is 42.5 Å². The molecule has 0 aliphatic rings. The highest BCUT2D eigenvalue weighted by atomic mass is 32.2. The maximum Gasteiger partial charge on any atom is 0.167 e. The summed E-state index contributed by atoms with van der Waals surface area (Å²) in [5.74, 6) is -0.217. The number of nitrogen functional groups attached to an aromatic ring is 1. The standard InChI is InChI=1S/C14H15FN2OS/c1-9(2)18-13-8-14(12(16)7-11(13)15)19-10-3-5-17-6-4-10/h3-9H,16H2,1-2H3. The van der Waals surface area contributed by atoms with Gasteiger partial charge in [-0.15, -0.1) is 0 Å². The summed E-state index contributed by atoms with van der Waals surface area (Å²) < 4.78 is 19.1. The SMILES string of the molecule is CC(C)Oc1cc(Sc2ccncc2)c(N)cc1F. The lowest BCUT2D eigenvalue weighted by atomic mass is 10.3. The van der Waals surface area contributed by atoms with Crippen molar-refractivity contribution >= 4 is 17.4 Å². The number of aromatic nitrogens is 1. The maximum absolute atomic E-state index is 13.7. The molecule has 0 radical (unpaired) electrons. The average Bonchev–Trinajstić information content (AvgIpc) is 2.36. The second-order valence-corrected chi connectivity index (χ2v) is 5.39. The fourth-order valence-corrected chi connectivity index (χ4v) is 2.37. The van der Waals surface area contributed by atoms with E-state index in [1.807, 2.05) is 26.0 Å². The molecule has 1 heterocycles. The van der Waals surface area contributed by atoms with Crippen LogP contribution in [0, 0.1) is 5.82 Å². The fourth-order valence-electron chi connectivity index (χ4n) is 1.52. The molecule has 0 unspecified atom stereocenters. The highest BCUT2D eigenvalue weighted by molar-refractivity contribution is 7.99. The molecule has 2 aromatic rings. The Bertz CT molecular complexity index is 561. The number of ether oxygens (including phenoxy) is 1. The highest BCUT2D eigenvalue weighted by Crippen LogP contribution is 2.36. The molecule has 0 fully saturated rings. The molecule has 2 N–H and O–H groups in total. The van der Waals surface area contributed by atoms with E-state index in [0.29, 0.717) is 5.69 Å². The minimum atomic E-state index is -0.440. The van der Waals surface area contributed by atoms with Crippen molar-refractivity contribution in [3.63, 3.8) is 0 Å². The van der Waals surface area contributed by atoms with E-state index in [-0.39, 0.29) is 11.9 Å². The van der Waals surface area contributed by atoms with Crippen LogP contribution in [0.2, 0.25) is 0 Å². The topological polar surface area (TPSA) is 48.1 Å². The summed E-state index contributed by atoms with van der Waals surface area (Å²) in [6.07, 6.45) is 3.32. The Labute approximate surface area is 116 Å². The van der Waals surface area contributed by atoms with Gasteiger partial charge in [0.25, 0.3) is 0 Å². The summed E-state index contributed by atoms with van der Waals surface area (Å²) in [4.78, 5) is 5.71. The van der Waals surface area contributed by atoms with Gasteiger partial charge in [0, 0.05) is 33.9 Å². The number of benzene rings is 1. The van der Waals surface area contributed by atoms with Crippen LogP contribution in [0.5, 0.6) is 5.75 Å². The molecule has 0 atom stereocenters.